The number of carbonyl (C=O) groups is 1. The van der Waals surface area contributed by atoms with E-state index in [-0.39, 0.29) is 24.7 Å². The third-order valence-electron chi connectivity index (χ3n) is 3.51. The molecule has 6 heteroatoms. The minimum absolute atomic E-state index is 0.0154. The molecule has 23 heavy (non-hydrogen) atoms. The molecule has 0 unspecified atom stereocenters. The van der Waals surface area contributed by atoms with E-state index in [1.807, 2.05) is 30.3 Å². The molecule has 0 saturated heterocycles. The third kappa shape index (κ3) is 4.14. The van der Waals surface area contributed by atoms with E-state index < -0.39 is 4.92 Å². The van der Waals surface area contributed by atoms with Crippen LogP contribution < -0.4 is 0 Å². The lowest BCUT2D eigenvalue weighted by molar-refractivity contribution is -0.385. The smallest absolute Gasteiger partial charge is 0.272 e. The summed E-state index contributed by atoms with van der Waals surface area (Å²) in [7, 11) is 0. The van der Waals surface area contributed by atoms with Crippen LogP contribution in [0.4, 0.5) is 5.69 Å². The van der Waals surface area contributed by atoms with Gasteiger partial charge >= 0.3 is 0 Å². The fourth-order valence-electron chi connectivity index (χ4n) is 2.35. The van der Waals surface area contributed by atoms with Gasteiger partial charge in [-0.2, -0.15) is 0 Å². The molecule has 1 amide bonds. The maximum Gasteiger partial charge on any atom is 0.272 e. The summed E-state index contributed by atoms with van der Waals surface area (Å²) in [5, 5.41) is 20.1. The van der Waals surface area contributed by atoms with E-state index in [1.54, 1.807) is 6.92 Å². The first-order valence-corrected chi connectivity index (χ1v) is 7.22. The number of hydrogen-bond acceptors (Lipinski definition) is 4. The lowest BCUT2D eigenvalue weighted by atomic mass is 10.1. The van der Waals surface area contributed by atoms with Gasteiger partial charge < -0.3 is 10.0 Å². The minimum atomic E-state index is -0.473. The normalized spacial score (nSPS) is 10.3. The molecule has 0 bridgehead atoms. The number of aliphatic hydroxyl groups excluding tert-OH is 1. The number of rotatable bonds is 6. The molecule has 2 aromatic carbocycles. The number of amides is 1. The molecular formula is C17H18N2O4. The van der Waals surface area contributed by atoms with E-state index in [4.69, 9.17) is 0 Å². The second-order valence-corrected chi connectivity index (χ2v) is 5.19. The Morgan fingerprint density at radius 3 is 2.48 bits per heavy atom. The highest BCUT2D eigenvalue weighted by molar-refractivity contribution is 5.94. The lowest BCUT2D eigenvalue weighted by Gasteiger charge is -2.22. The molecule has 0 saturated carbocycles. The molecule has 0 heterocycles. The number of aryl methyl sites for hydroxylation is 1. The fourth-order valence-corrected chi connectivity index (χ4v) is 2.35. The summed E-state index contributed by atoms with van der Waals surface area (Å²) >= 11 is 0. The summed E-state index contributed by atoms with van der Waals surface area (Å²) in [5.74, 6) is -0.263. The Morgan fingerprint density at radius 2 is 1.91 bits per heavy atom. The fraction of sp³-hybridized carbons (Fsp3) is 0.235. The molecule has 0 fully saturated rings. The summed E-state index contributed by atoms with van der Waals surface area (Å²) in [5.41, 5.74) is 1.74. The van der Waals surface area contributed by atoms with Gasteiger partial charge in [0.1, 0.15) is 0 Å². The number of nitro groups is 1. The first-order valence-electron chi connectivity index (χ1n) is 7.22. The molecule has 0 spiro atoms. The molecule has 0 aromatic heterocycles. The van der Waals surface area contributed by atoms with Crippen molar-refractivity contribution in [3.8, 4) is 0 Å². The predicted molar refractivity (Wildman–Crippen MR) is 86.1 cm³/mol. The molecule has 6 nitrogen and oxygen atoms in total. The summed E-state index contributed by atoms with van der Waals surface area (Å²) in [6, 6.07) is 13.7. The average Bonchev–Trinajstić information content (AvgIpc) is 2.54. The zero-order chi connectivity index (χ0) is 16.8. The molecule has 0 aliphatic heterocycles. The van der Waals surface area contributed by atoms with Crippen LogP contribution >= 0.6 is 0 Å². The zero-order valence-corrected chi connectivity index (χ0v) is 12.8. The first kappa shape index (κ1) is 16.6. The van der Waals surface area contributed by atoms with Gasteiger partial charge in [-0.3, -0.25) is 14.9 Å². The van der Waals surface area contributed by atoms with Crippen LogP contribution in [0.5, 0.6) is 0 Å². The molecular weight excluding hydrogens is 296 g/mol. The van der Waals surface area contributed by atoms with Crippen molar-refractivity contribution in [2.45, 2.75) is 13.5 Å². The molecule has 0 aliphatic rings. The van der Waals surface area contributed by atoms with Crippen molar-refractivity contribution >= 4 is 11.6 Å². The Kier molecular flexibility index (Phi) is 5.43. The van der Waals surface area contributed by atoms with E-state index in [2.05, 4.69) is 0 Å². The highest BCUT2D eigenvalue weighted by atomic mass is 16.6. The number of aliphatic hydroxyl groups is 1. The van der Waals surface area contributed by atoms with Crippen molar-refractivity contribution in [3.05, 3.63) is 75.3 Å². The van der Waals surface area contributed by atoms with E-state index in [0.717, 1.165) is 5.56 Å². The summed E-state index contributed by atoms with van der Waals surface area (Å²) < 4.78 is 0. The van der Waals surface area contributed by atoms with Gasteiger partial charge in [0, 0.05) is 30.3 Å². The molecule has 2 rings (SSSR count). The van der Waals surface area contributed by atoms with Crippen LogP contribution in [-0.4, -0.2) is 34.0 Å². The topological polar surface area (TPSA) is 83.7 Å². The Balaban J connectivity index is 2.24. The number of nitrogens with zero attached hydrogens (tertiary/aromatic N) is 2. The van der Waals surface area contributed by atoms with Gasteiger partial charge in [0.05, 0.1) is 11.5 Å². The van der Waals surface area contributed by atoms with Crippen molar-refractivity contribution in [3.63, 3.8) is 0 Å². The average molecular weight is 314 g/mol. The Labute approximate surface area is 134 Å². The van der Waals surface area contributed by atoms with Gasteiger partial charge in [-0.15, -0.1) is 0 Å². The highest BCUT2D eigenvalue weighted by Gasteiger charge is 2.18. The molecule has 0 radical (unpaired) electrons. The van der Waals surface area contributed by atoms with E-state index in [0.29, 0.717) is 17.7 Å². The van der Waals surface area contributed by atoms with Crippen LogP contribution in [0.25, 0.3) is 0 Å². The van der Waals surface area contributed by atoms with Crippen molar-refractivity contribution in [1.82, 2.24) is 4.90 Å². The quantitative estimate of drug-likeness (QED) is 0.656. The van der Waals surface area contributed by atoms with Gasteiger partial charge in [0.15, 0.2) is 0 Å². The summed E-state index contributed by atoms with van der Waals surface area (Å²) in [6.45, 7) is 2.02. The second kappa shape index (κ2) is 7.51. The zero-order valence-electron chi connectivity index (χ0n) is 12.8. The van der Waals surface area contributed by atoms with Crippen LogP contribution in [0.3, 0.4) is 0 Å². The third-order valence-corrected chi connectivity index (χ3v) is 3.51. The number of carbonyl (C=O) groups excluding carboxylic acids is 1. The Bertz CT molecular complexity index is 701. The monoisotopic (exact) mass is 314 g/mol. The van der Waals surface area contributed by atoms with E-state index >= 15 is 0 Å². The van der Waals surface area contributed by atoms with Gasteiger partial charge in [-0.25, -0.2) is 0 Å². The lowest BCUT2D eigenvalue weighted by Crippen LogP contribution is -2.33. The number of hydrogen-bond donors (Lipinski definition) is 1. The van der Waals surface area contributed by atoms with Crippen LogP contribution in [0, 0.1) is 17.0 Å². The summed E-state index contributed by atoms with van der Waals surface area (Å²) in [4.78, 5) is 24.5. The molecule has 120 valence electrons. The molecule has 1 N–H and O–H groups in total. The van der Waals surface area contributed by atoms with Crippen LogP contribution in [0.1, 0.15) is 21.5 Å². The number of nitro benzene ring substituents is 1. The SMILES string of the molecule is Cc1cc(C(=O)N(CCO)Cc2ccccc2)ccc1[N+](=O)[O-]. The van der Waals surface area contributed by atoms with Gasteiger partial charge in [0.25, 0.3) is 11.6 Å². The largest absolute Gasteiger partial charge is 0.395 e. The van der Waals surface area contributed by atoms with Crippen LogP contribution in [-0.2, 0) is 6.54 Å². The van der Waals surface area contributed by atoms with Gasteiger partial charge in [-0.05, 0) is 24.6 Å². The van der Waals surface area contributed by atoms with Gasteiger partial charge in [0.2, 0.25) is 0 Å². The van der Waals surface area contributed by atoms with Crippen LogP contribution in [0.2, 0.25) is 0 Å². The molecule has 2 aromatic rings. The van der Waals surface area contributed by atoms with Crippen molar-refractivity contribution in [2.24, 2.45) is 0 Å². The Hall–Kier alpha value is -2.73. The highest BCUT2D eigenvalue weighted by Crippen LogP contribution is 2.20. The maximum absolute atomic E-state index is 12.6. The van der Waals surface area contributed by atoms with Crippen molar-refractivity contribution < 1.29 is 14.8 Å². The van der Waals surface area contributed by atoms with E-state index in [1.165, 1.54) is 23.1 Å². The Morgan fingerprint density at radius 1 is 1.22 bits per heavy atom. The maximum atomic E-state index is 12.6. The molecule has 0 aliphatic carbocycles. The molecule has 0 atom stereocenters. The van der Waals surface area contributed by atoms with Crippen molar-refractivity contribution in [1.29, 1.82) is 0 Å². The number of benzene rings is 2. The van der Waals surface area contributed by atoms with Gasteiger partial charge in [-0.1, -0.05) is 30.3 Å². The standard InChI is InChI=1S/C17H18N2O4/c1-13-11-15(7-8-16(13)19(22)23)17(21)18(9-10-20)12-14-5-3-2-4-6-14/h2-8,11,20H,9-10,12H2,1H3. The van der Waals surface area contributed by atoms with Crippen LogP contribution in [0.15, 0.2) is 48.5 Å². The predicted octanol–water partition coefficient (Wildman–Crippen LogP) is 2.54. The second-order valence-electron chi connectivity index (χ2n) is 5.19. The van der Waals surface area contributed by atoms with E-state index in [9.17, 15) is 20.0 Å². The minimum Gasteiger partial charge on any atom is -0.395 e. The summed E-state index contributed by atoms with van der Waals surface area (Å²) in [6.07, 6.45) is 0. The first-order chi connectivity index (χ1) is 11.0. The van der Waals surface area contributed by atoms with Crippen molar-refractivity contribution in [2.75, 3.05) is 13.2 Å².